The van der Waals surface area contributed by atoms with Crippen molar-refractivity contribution in [3.05, 3.63) is 54.0 Å². The van der Waals surface area contributed by atoms with Crippen LogP contribution in [-0.2, 0) is 11.3 Å². The Kier molecular flexibility index (Phi) is 6.29. The molecule has 5 nitrogen and oxygen atoms in total. The van der Waals surface area contributed by atoms with Gasteiger partial charge >= 0.3 is 6.03 Å². The van der Waals surface area contributed by atoms with E-state index < -0.39 is 6.03 Å². The van der Waals surface area contributed by atoms with Crippen molar-refractivity contribution in [3.63, 3.8) is 0 Å². The first-order chi connectivity index (χ1) is 11.0. The molecule has 1 aromatic heterocycles. The lowest BCUT2D eigenvalue weighted by Crippen LogP contribution is -2.39. The van der Waals surface area contributed by atoms with Gasteiger partial charge in [-0.05, 0) is 35.7 Å². The van der Waals surface area contributed by atoms with Crippen molar-refractivity contribution in [1.82, 2.24) is 10.6 Å². The van der Waals surface area contributed by atoms with Crippen LogP contribution in [0.1, 0.15) is 31.1 Å². The van der Waals surface area contributed by atoms with E-state index in [1.807, 2.05) is 12.1 Å². The minimum absolute atomic E-state index is 0.190. The average molecular weight is 332 g/mol. The lowest BCUT2D eigenvalue weighted by Gasteiger charge is -2.07. The summed E-state index contributed by atoms with van der Waals surface area (Å²) in [6.45, 7) is 4.52. The van der Waals surface area contributed by atoms with Crippen molar-refractivity contribution in [2.75, 3.05) is 5.75 Å². The highest BCUT2D eigenvalue weighted by Crippen LogP contribution is 2.21. The number of carbonyl (C=O) groups excluding carboxylic acids is 2. The molecule has 1 aromatic carbocycles. The van der Waals surface area contributed by atoms with E-state index in [1.54, 1.807) is 12.1 Å². The van der Waals surface area contributed by atoms with Crippen LogP contribution < -0.4 is 10.6 Å². The Morgan fingerprint density at radius 1 is 1.17 bits per heavy atom. The molecule has 0 aliphatic heterocycles. The molecule has 2 rings (SSSR count). The maximum absolute atomic E-state index is 11.7. The van der Waals surface area contributed by atoms with Gasteiger partial charge in [-0.2, -0.15) is 0 Å². The number of nitrogens with one attached hydrogen (secondary N) is 2. The van der Waals surface area contributed by atoms with Crippen molar-refractivity contribution >= 4 is 23.7 Å². The van der Waals surface area contributed by atoms with Gasteiger partial charge < -0.3 is 9.73 Å². The van der Waals surface area contributed by atoms with Crippen LogP contribution in [0.2, 0.25) is 0 Å². The number of hydrogen-bond acceptors (Lipinski definition) is 4. The van der Waals surface area contributed by atoms with Gasteiger partial charge in [0.15, 0.2) is 0 Å². The molecule has 3 amide bonds. The molecule has 2 N–H and O–H groups in total. The summed E-state index contributed by atoms with van der Waals surface area (Å²) in [5, 5.41) is 4.85. The molecular formula is C17H20N2O3S. The van der Waals surface area contributed by atoms with E-state index in [4.69, 9.17) is 4.42 Å². The van der Waals surface area contributed by atoms with Crippen LogP contribution in [-0.4, -0.2) is 17.7 Å². The zero-order chi connectivity index (χ0) is 16.7. The average Bonchev–Trinajstić information content (AvgIpc) is 3.05. The molecule has 2 aromatic rings. The van der Waals surface area contributed by atoms with E-state index in [2.05, 4.69) is 36.6 Å². The monoisotopic (exact) mass is 332 g/mol. The van der Waals surface area contributed by atoms with E-state index in [9.17, 15) is 9.59 Å². The highest BCUT2D eigenvalue weighted by molar-refractivity contribution is 8.00. The Morgan fingerprint density at radius 2 is 1.91 bits per heavy atom. The summed E-state index contributed by atoms with van der Waals surface area (Å²) in [6.07, 6.45) is 1.53. The van der Waals surface area contributed by atoms with Gasteiger partial charge in [0.1, 0.15) is 5.76 Å². The zero-order valence-electron chi connectivity index (χ0n) is 13.2. The predicted molar refractivity (Wildman–Crippen MR) is 90.3 cm³/mol. The fraction of sp³-hybridized carbons (Fsp3) is 0.294. The normalized spacial score (nSPS) is 10.6. The van der Waals surface area contributed by atoms with Gasteiger partial charge in [-0.1, -0.05) is 26.0 Å². The Bertz CT molecular complexity index is 636. The maximum atomic E-state index is 11.7. The molecule has 0 aliphatic rings. The fourth-order valence-corrected chi connectivity index (χ4v) is 2.58. The Hall–Kier alpha value is -2.21. The second-order valence-corrected chi connectivity index (χ2v) is 6.37. The molecule has 6 heteroatoms. The lowest BCUT2D eigenvalue weighted by molar-refractivity contribution is -0.117. The van der Waals surface area contributed by atoms with Crippen LogP contribution in [0.3, 0.4) is 0 Å². The van der Waals surface area contributed by atoms with Crippen molar-refractivity contribution in [2.24, 2.45) is 0 Å². The molecule has 1 heterocycles. The molecule has 23 heavy (non-hydrogen) atoms. The Balaban J connectivity index is 1.70. The van der Waals surface area contributed by atoms with Crippen molar-refractivity contribution in [2.45, 2.75) is 31.2 Å². The Labute approximate surface area is 139 Å². The van der Waals surface area contributed by atoms with Crippen LogP contribution >= 0.6 is 11.8 Å². The number of hydrogen-bond donors (Lipinski definition) is 2. The number of rotatable bonds is 6. The first-order valence-electron chi connectivity index (χ1n) is 7.37. The third-order valence-electron chi connectivity index (χ3n) is 3.17. The molecule has 0 spiro atoms. The third-order valence-corrected chi connectivity index (χ3v) is 4.18. The number of imide groups is 1. The highest BCUT2D eigenvalue weighted by atomic mass is 32.2. The predicted octanol–water partition coefficient (Wildman–Crippen LogP) is 3.52. The van der Waals surface area contributed by atoms with E-state index in [0.717, 1.165) is 4.90 Å². The number of thioether (sulfide) groups is 1. The van der Waals surface area contributed by atoms with Gasteiger partial charge in [-0.15, -0.1) is 11.8 Å². The second-order valence-electron chi connectivity index (χ2n) is 5.32. The summed E-state index contributed by atoms with van der Waals surface area (Å²) in [4.78, 5) is 24.3. The van der Waals surface area contributed by atoms with E-state index in [1.165, 1.54) is 23.6 Å². The van der Waals surface area contributed by atoms with Crippen molar-refractivity contribution < 1.29 is 14.0 Å². The van der Waals surface area contributed by atoms with E-state index >= 15 is 0 Å². The third kappa shape index (κ3) is 5.83. The molecule has 0 atom stereocenters. The molecule has 0 unspecified atom stereocenters. The number of amides is 3. The van der Waals surface area contributed by atoms with Gasteiger partial charge in [0, 0.05) is 4.90 Å². The first-order valence-corrected chi connectivity index (χ1v) is 8.36. The molecule has 122 valence electrons. The van der Waals surface area contributed by atoms with Crippen LogP contribution in [0.25, 0.3) is 0 Å². The summed E-state index contributed by atoms with van der Waals surface area (Å²) in [6, 6.07) is 11.1. The van der Waals surface area contributed by atoms with Gasteiger partial charge in [-0.25, -0.2) is 4.79 Å². The standard InChI is InChI=1S/C17H20N2O3S/c1-12(2)13-5-7-15(8-6-13)23-11-16(20)19-17(21)18-10-14-4-3-9-22-14/h3-9,12H,10-11H2,1-2H3,(H2,18,19,20,21). The van der Waals surface area contributed by atoms with Crippen molar-refractivity contribution in [1.29, 1.82) is 0 Å². The maximum Gasteiger partial charge on any atom is 0.321 e. The zero-order valence-corrected chi connectivity index (χ0v) is 14.0. The smallest absolute Gasteiger partial charge is 0.321 e. The molecule has 0 radical (unpaired) electrons. The molecular weight excluding hydrogens is 312 g/mol. The minimum Gasteiger partial charge on any atom is -0.467 e. The summed E-state index contributed by atoms with van der Waals surface area (Å²) in [7, 11) is 0. The summed E-state index contributed by atoms with van der Waals surface area (Å²) >= 11 is 1.40. The second kappa shape index (κ2) is 8.43. The molecule has 0 saturated heterocycles. The van der Waals surface area contributed by atoms with Crippen LogP contribution in [0, 0.1) is 0 Å². The molecule has 0 saturated carbocycles. The number of urea groups is 1. The van der Waals surface area contributed by atoms with E-state index in [-0.39, 0.29) is 18.2 Å². The van der Waals surface area contributed by atoms with Gasteiger partial charge in [0.05, 0.1) is 18.6 Å². The van der Waals surface area contributed by atoms with E-state index in [0.29, 0.717) is 11.7 Å². The number of benzene rings is 1. The van der Waals surface area contributed by atoms with Crippen LogP contribution in [0.4, 0.5) is 4.79 Å². The molecule has 0 aliphatic carbocycles. The summed E-state index contributed by atoms with van der Waals surface area (Å²) in [5.41, 5.74) is 1.26. The summed E-state index contributed by atoms with van der Waals surface area (Å²) in [5.74, 6) is 0.970. The largest absolute Gasteiger partial charge is 0.467 e. The Morgan fingerprint density at radius 3 is 2.52 bits per heavy atom. The number of furan rings is 1. The minimum atomic E-state index is -0.526. The van der Waals surface area contributed by atoms with Gasteiger partial charge in [-0.3, -0.25) is 10.1 Å². The van der Waals surface area contributed by atoms with Crippen LogP contribution in [0.5, 0.6) is 0 Å². The molecule has 0 bridgehead atoms. The quantitative estimate of drug-likeness (QED) is 0.794. The molecule has 0 fully saturated rings. The highest BCUT2D eigenvalue weighted by Gasteiger charge is 2.09. The fourth-order valence-electron chi connectivity index (χ4n) is 1.89. The topological polar surface area (TPSA) is 71.3 Å². The van der Waals surface area contributed by atoms with Gasteiger partial charge in [0.25, 0.3) is 0 Å². The van der Waals surface area contributed by atoms with Crippen LogP contribution in [0.15, 0.2) is 52.0 Å². The SMILES string of the molecule is CC(C)c1ccc(SCC(=O)NC(=O)NCc2ccco2)cc1. The number of carbonyl (C=O) groups is 2. The van der Waals surface area contributed by atoms with Crippen molar-refractivity contribution in [3.8, 4) is 0 Å². The first kappa shape index (κ1) is 17.1. The lowest BCUT2D eigenvalue weighted by atomic mass is 10.0. The van der Waals surface area contributed by atoms with Gasteiger partial charge in [0.2, 0.25) is 5.91 Å². The summed E-state index contributed by atoms with van der Waals surface area (Å²) < 4.78 is 5.09.